The van der Waals surface area contributed by atoms with E-state index in [9.17, 15) is 9.90 Å². The lowest BCUT2D eigenvalue weighted by Crippen LogP contribution is -2.41. The summed E-state index contributed by atoms with van der Waals surface area (Å²) in [5.74, 6) is 0.0993. The van der Waals surface area contributed by atoms with E-state index in [4.69, 9.17) is 0 Å². The van der Waals surface area contributed by atoms with Crippen molar-refractivity contribution in [2.75, 3.05) is 11.4 Å². The molecule has 2 rings (SSSR count). The highest BCUT2D eigenvalue weighted by atomic mass is 16.4. The summed E-state index contributed by atoms with van der Waals surface area (Å²) in [6, 6.07) is 8.60. The van der Waals surface area contributed by atoms with E-state index >= 15 is 0 Å². The molecule has 1 aliphatic rings. The van der Waals surface area contributed by atoms with Crippen molar-refractivity contribution in [3.63, 3.8) is 0 Å². The van der Waals surface area contributed by atoms with E-state index in [1.807, 2.05) is 0 Å². The minimum absolute atomic E-state index is 0.103. The maximum absolute atomic E-state index is 11.2. The van der Waals surface area contributed by atoms with E-state index in [2.05, 4.69) is 43.0 Å². The predicted octanol–water partition coefficient (Wildman–Crippen LogP) is 4.24. The third-order valence-electron chi connectivity index (χ3n) is 4.63. The molecule has 0 unspecified atom stereocenters. The van der Waals surface area contributed by atoms with Crippen LogP contribution in [0.3, 0.4) is 0 Å². The number of aliphatic carboxylic acids is 1. The molecule has 0 atom stereocenters. The first kappa shape index (κ1) is 15.9. The maximum Gasteiger partial charge on any atom is 0.323 e. The second kappa shape index (κ2) is 7.48. The van der Waals surface area contributed by atoms with Crippen LogP contribution < -0.4 is 4.90 Å². The highest BCUT2D eigenvalue weighted by Gasteiger charge is 2.26. The Morgan fingerprint density at radius 2 is 1.81 bits per heavy atom. The third-order valence-corrected chi connectivity index (χ3v) is 4.63. The van der Waals surface area contributed by atoms with Gasteiger partial charge in [0.25, 0.3) is 0 Å². The summed E-state index contributed by atoms with van der Waals surface area (Å²) in [4.78, 5) is 13.3. The van der Waals surface area contributed by atoms with E-state index in [1.54, 1.807) is 0 Å². The van der Waals surface area contributed by atoms with Gasteiger partial charge in [0.05, 0.1) is 0 Å². The van der Waals surface area contributed by atoms with Crippen molar-refractivity contribution in [2.45, 2.75) is 58.4 Å². The minimum Gasteiger partial charge on any atom is -0.480 e. The zero-order chi connectivity index (χ0) is 15.2. The van der Waals surface area contributed by atoms with Crippen LogP contribution in [-0.4, -0.2) is 23.7 Å². The van der Waals surface area contributed by atoms with Crippen molar-refractivity contribution in [1.29, 1.82) is 0 Å². The van der Waals surface area contributed by atoms with Crippen LogP contribution in [0.25, 0.3) is 0 Å². The molecule has 1 aliphatic carbocycles. The molecule has 0 amide bonds. The van der Waals surface area contributed by atoms with Crippen LogP contribution in [0.1, 0.15) is 51.0 Å². The third kappa shape index (κ3) is 4.48. The number of rotatable bonds is 6. The largest absolute Gasteiger partial charge is 0.480 e. The second-order valence-electron chi connectivity index (χ2n) is 6.32. The molecule has 21 heavy (non-hydrogen) atoms. The first-order valence-corrected chi connectivity index (χ1v) is 8.15. The topological polar surface area (TPSA) is 40.5 Å². The Kier molecular flexibility index (Phi) is 5.66. The zero-order valence-corrected chi connectivity index (χ0v) is 13.2. The van der Waals surface area contributed by atoms with Gasteiger partial charge in [-0.25, -0.2) is 0 Å². The van der Waals surface area contributed by atoms with Crippen LogP contribution in [-0.2, 0) is 4.79 Å². The zero-order valence-electron chi connectivity index (χ0n) is 13.2. The molecule has 0 bridgehead atoms. The van der Waals surface area contributed by atoms with Crippen molar-refractivity contribution < 1.29 is 9.90 Å². The van der Waals surface area contributed by atoms with Gasteiger partial charge in [-0.2, -0.15) is 0 Å². The van der Waals surface area contributed by atoms with Gasteiger partial charge in [-0.15, -0.1) is 0 Å². The summed E-state index contributed by atoms with van der Waals surface area (Å²) in [6.07, 6.45) is 7.28. The lowest BCUT2D eigenvalue weighted by molar-refractivity contribution is -0.135. The standard InChI is InChI=1S/C18H27NO2/c1-3-4-15-7-11-17(12-8-15)19(13-18(20)21)16-9-5-14(2)6-10-16/h5-6,9-10,15,17H,3-4,7-8,11-13H2,1-2H3,(H,20,21). The summed E-state index contributed by atoms with van der Waals surface area (Å²) in [5.41, 5.74) is 2.25. The number of aryl methyl sites for hydroxylation is 1. The van der Waals surface area contributed by atoms with Gasteiger partial charge in [0.15, 0.2) is 0 Å². The number of carboxylic acid groups (broad SMARTS) is 1. The summed E-state index contributed by atoms with van der Waals surface area (Å²) in [7, 11) is 0. The van der Waals surface area contributed by atoms with Crippen LogP contribution in [0.15, 0.2) is 24.3 Å². The van der Waals surface area contributed by atoms with E-state index in [0.29, 0.717) is 6.04 Å². The van der Waals surface area contributed by atoms with Crippen molar-refractivity contribution in [2.24, 2.45) is 5.92 Å². The van der Waals surface area contributed by atoms with E-state index in [0.717, 1.165) is 24.4 Å². The van der Waals surface area contributed by atoms with Crippen molar-refractivity contribution in [3.8, 4) is 0 Å². The van der Waals surface area contributed by atoms with Crippen molar-refractivity contribution in [1.82, 2.24) is 0 Å². The molecule has 0 saturated heterocycles. The Morgan fingerprint density at radius 1 is 1.19 bits per heavy atom. The summed E-state index contributed by atoms with van der Waals surface area (Å²) < 4.78 is 0. The van der Waals surface area contributed by atoms with Gasteiger partial charge < -0.3 is 10.0 Å². The summed E-state index contributed by atoms with van der Waals surface area (Å²) in [5, 5.41) is 9.23. The molecule has 116 valence electrons. The average Bonchev–Trinajstić information content (AvgIpc) is 2.47. The van der Waals surface area contributed by atoms with Crippen molar-refractivity contribution >= 4 is 11.7 Å². The Bertz CT molecular complexity index is 447. The van der Waals surface area contributed by atoms with Crippen LogP contribution in [0.5, 0.6) is 0 Å². The molecule has 1 saturated carbocycles. The molecule has 0 aromatic heterocycles. The fourth-order valence-corrected chi connectivity index (χ4v) is 3.47. The van der Waals surface area contributed by atoms with Gasteiger partial charge in [-0.1, -0.05) is 37.5 Å². The van der Waals surface area contributed by atoms with Gasteiger partial charge in [0.1, 0.15) is 6.54 Å². The van der Waals surface area contributed by atoms with Crippen LogP contribution in [0.4, 0.5) is 5.69 Å². The van der Waals surface area contributed by atoms with E-state index < -0.39 is 5.97 Å². The molecular formula is C18H27NO2. The fourth-order valence-electron chi connectivity index (χ4n) is 3.47. The Hall–Kier alpha value is -1.51. The number of nitrogens with zero attached hydrogens (tertiary/aromatic N) is 1. The first-order valence-electron chi connectivity index (χ1n) is 8.15. The average molecular weight is 289 g/mol. The molecule has 0 spiro atoms. The van der Waals surface area contributed by atoms with Gasteiger partial charge in [0.2, 0.25) is 0 Å². The summed E-state index contributed by atoms with van der Waals surface area (Å²) in [6.45, 7) is 4.41. The van der Waals surface area contributed by atoms with Crippen LogP contribution >= 0.6 is 0 Å². The number of hydrogen-bond donors (Lipinski definition) is 1. The lowest BCUT2D eigenvalue weighted by atomic mass is 9.83. The number of carbonyl (C=O) groups is 1. The normalized spacial score (nSPS) is 22.0. The second-order valence-corrected chi connectivity index (χ2v) is 6.32. The number of carboxylic acids is 1. The molecule has 0 radical (unpaired) electrons. The Morgan fingerprint density at radius 3 is 2.33 bits per heavy atom. The highest BCUT2D eigenvalue weighted by Crippen LogP contribution is 2.32. The Labute approximate surface area is 128 Å². The van der Waals surface area contributed by atoms with Gasteiger partial charge in [0, 0.05) is 11.7 Å². The molecular weight excluding hydrogens is 262 g/mol. The van der Waals surface area contributed by atoms with Crippen LogP contribution in [0, 0.1) is 12.8 Å². The number of benzene rings is 1. The highest BCUT2D eigenvalue weighted by molar-refractivity contribution is 5.74. The molecule has 1 fully saturated rings. The monoisotopic (exact) mass is 289 g/mol. The van der Waals surface area contributed by atoms with E-state index in [1.165, 1.54) is 31.2 Å². The van der Waals surface area contributed by atoms with Gasteiger partial charge in [-0.05, 0) is 50.7 Å². The predicted molar refractivity (Wildman–Crippen MR) is 86.8 cm³/mol. The molecule has 0 aliphatic heterocycles. The first-order chi connectivity index (χ1) is 10.1. The molecule has 0 heterocycles. The SMILES string of the molecule is CCCC1CCC(N(CC(=O)O)c2ccc(C)cc2)CC1. The molecule has 1 aromatic rings. The van der Waals surface area contributed by atoms with Crippen molar-refractivity contribution in [3.05, 3.63) is 29.8 Å². The minimum atomic E-state index is -0.744. The Balaban J connectivity index is 2.06. The molecule has 3 nitrogen and oxygen atoms in total. The summed E-state index contributed by atoms with van der Waals surface area (Å²) >= 11 is 0. The quantitative estimate of drug-likeness (QED) is 0.851. The number of anilines is 1. The van der Waals surface area contributed by atoms with Gasteiger partial charge in [-0.3, -0.25) is 4.79 Å². The smallest absolute Gasteiger partial charge is 0.323 e. The number of hydrogen-bond acceptors (Lipinski definition) is 2. The molecule has 3 heteroatoms. The van der Waals surface area contributed by atoms with Crippen LogP contribution in [0.2, 0.25) is 0 Å². The van der Waals surface area contributed by atoms with Gasteiger partial charge >= 0.3 is 5.97 Å². The fraction of sp³-hybridized carbons (Fsp3) is 0.611. The molecule has 1 N–H and O–H groups in total. The van der Waals surface area contributed by atoms with E-state index in [-0.39, 0.29) is 6.54 Å². The lowest BCUT2D eigenvalue weighted by Gasteiger charge is -2.37. The maximum atomic E-state index is 11.2. The molecule has 1 aromatic carbocycles.